The van der Waals surface area contributed by atoms with E-state index in [4.69, 9.17) is 4.74 Å². The third kappa shape index (κ3) is 1.60. The number of hydrogen-bond donors (Lipinski definition) is 0. The van der Waals surface area contributed by atoms with E-state index < -0.39 is 0 Å². The Morgan fingerprint density at radius 1 is 1.44 bits per heavy atom. The van der Waals surface area contributed by atoms with Crippen LogP contribution >= 0.6 is 0 Å². The highest BCUT2D eigenvalue weighted by molar-refractivity contribution is 5.90. The van der Waals surface area contributed by atoms with Crippen LogP contribution in [-0.4, -0.2) is 13.1 Å². The first-order valence-corrected chi connectivity index (χ1v) is 6.01. The number of allylic oxidation sites excluding steroid dienone is 3. The van der Waals surface area contributed by atoms with Crippen molar-refractivity contribution in [2.45, 2.75) is 40.0 Å². The average Bonchev–Trinajstić information content (AvgIpc) is 2.72. The van der Waals surface area contributed by atoms with Crippen LogP contribution in [-0.2, 0) is 9.53 Å². The van der Waals surface area contributed by atoms with Gasteiger partial charge in [-0.1, -0.05) is 38.0 Å². The lowest BCUT2D eigenvalue weighted by Crippen LogP contribution is -2.25. The Morgan fingerprint density at radius 2 is 2.12 bits per heavy atom. The summed E-state index contributed by atoms with van der Waals surface area (Å²) in [5.41, 5.74) is 3.90. The summed E-state index contributed by atoms with van der Waals surface area (Å²) in [6, 6.07) is 0. The molecule has 0 radical (unpaired) electrons. The van der Waals surface area contributed by atoms with Crippen LogP contribution in [0.5, 0.6) is 0 Å². The van der Waals surface area contributed by atoms with Crippen molar-refractivity contribution < 1.29 is 9.53 Å². The quantitative estimate of drug-likeness (QED) is 0.501. The number of esters is 1. The van der Waals surface area contributed by atoms with Gasteiger partial charge >= 0.3 is 5.97 Å². The highest BCUT2D eigenvalue weighted by atomic mass is 16.5. The third-order valence-corrected chi connectivity index (χ3v) is 3.96. The molecule has 0 N–H and O–H groups in total. The van der Waals surface area contributed by atoms with Crippen LogP contribution in [0.2, 0.25) is 0 Å². The maximum absolute atomic E-state index is 11.7. The molecule has 0 spiro atoms. The summed E-state index contributed by atoms with van der Waals surface area (Å²) >= 11 is 0. The first kappa shape index (κ1) is 11.4. The van der Waals surface area contributed by atoms with Gasteiger partial charge in [0.25, 0.3) is 0 Å². The zero-order valence-electron chi connectivity index (χ0n) is 10.6. The maximum Gasteiger partial charge on any atom is 0.334 e. The average molecular weight is 220 g/mol. The first-order valence-electron chi connectivity index (χ1n) is 6.01. The van der Waals surface area contributed by atoms with Crippen molar-refractivity contribution in [3.63, 3.8) is 0 Å². The van der Waals surface area contributed by atoms with Crippen LogP contribution in [0.15, 0.2) is 22.8 Å². The molecule has 0 fully saturated rings. The molecule has 1 atom stereocenters. The molecule has 0 aromatic rings. The largest absolute Gasteiger partial charge is 0.466 e. The van der Waals surface area contributed by atoms with Crippen LogP contribution in [0.1, 0.15) is 40.0 Å². The van der Waals surface area contributed by atoms with Gasteiger partial charge < -0.3 is 4.74 Å². The van der Waals surface area contributed by atoms with Gasteiger partial charge in [-0.15, -0.1) is 0 Å². The fourth-order valence-electron chi connectivity index (χ4n) is 3.12. The predicted molar refractivity (Wildman–Crippen MR) is 63.9 cm³/mol. The molecule has 2 aliphatic rings. The van der Waals surface area contributed by atoms with Gasteiger partial charge in [-0.2, -0.15) is 0 Å². The van der Waals surface area contributed by atoms with Crippen molar-refractivity contribution >= 4 is 5.97 Å². The number of carbonyl (C=O) groups is 1. The molecule has 0 bridgehead atoms. The Hall–Kier alpha value is -1.05. The molecule has 1 unspecified atom stereocenters. The van der Waals surface area contributed by atoms with Crippen LogP contribution in [0, 0.1) is 11.3 Å². The number of ether oxygens (including phenoxy) is 1. The van der Waals surface area contributed by atoms with Crippen LogP contribution in [0.3, 0.4) is 0 Å². The van der Waals surface area contributed by atoms with Crippen molar-refractivity contribution in [1.29, 1.82) is 0 Å². The first-order chi connectivity index (χ1) is 7.47. The summed E-state index contributed by atoms with van der Waals surface area (Å²) in [5.74, 6) is 0.0806. The van der Waals surface area contributed by atoms with Crippen molar-refractivity contribution in [2.24, 2.45) is 11.3 Å². The van der Waals surface area contributed by atoms with Crippen molar-refractivity contribution in [3.05, 3.63) is 22.8 Å². The normalized spacial score (nSPS) is 27.5. The second kappa shape index (κ2) is 3.76. The molecule has 16 heavy (non-hydrogen) atoms. The Kier molecular flexibility index (Phi) is 2.69. The lowest BCUT2D eigenvalue weighted by molar-refractivity contribution is -0.136. The number of carbonyl (C=O) groups excluding carboxylic acids is 1. The van der Waals surface area contributed by atoms with E-state index in [1.165, 1.54) is 25.5 Å². The van der Waals surface area contributed by atoms with Crippen molar-refractivity contribution in [3.8, 4) is 0 Å². The molecule has 2 rings (SSSR count). The molecule has 0 aromatic carbocycles. The lowest BCUT2D eigenvalue weighted by Gasteiger charge is -2.33. The summed E-state index contributed by atoms with van der Waals surface area (Å²) in [5, 5.41) is 0. The minimum absolute atomic E-state index is 0.0296. The van der Waals surface area contributed by atoms with Crippen LogP contribution < -0.4 is 0 Å². The molecule has 2 heteroatoms. The molecule has 2 aliphatic carbocycles. The topological polar surface area (TPSA) is 26.3 Å². The monoisotopic (exact) mass is 220 g/mol. The highest BCUT2D eigenvalue weighted by Crippen LogP contribution is 2.48. The summed E-state index contributed by atoms with van der Waals surface area (Å²) in [6.45, 7) is 6.52. The zero-order chi connectivity index (χ0) is 11.9. The Balaban J connectivity index is 2.42. The minimum atomic E-state index is -0.168. The minimum Gasteiger partial charge on any atom is -0.466 e. The van der Waals surface area contributed by atoms with Gasteiger partial charge in [0.15, 0.2) is 0 Å². The molecule has 0 amide bonds. The third-order valence-electron chi connectivity index (χ3n) is 3.96. The SMILES string of the molecule is COC(=O)C1=CC(C)(C)C2=C(CCC2)C1C. The summed E-state index contributed by atoms with van der Waals surface area (Å²) in [7, 11) is 1.46. The van der Waals surface area contributed by atoms with Crippen LogP contribution in [0.25, 0.3) is 0 Å². The van der Waals surface area contributed by atoms with E-state index in [-0.39, 0.29) is 17.3 Å². The molecule has 0 aliphatic heterocycles. The molecular formula is C14H20O2. The smallest absolute Gasteiger partial charge is 0.334 e. The lowest BCUT2D eigenvalue weighted by atomic mass is 9.71. The molecular weight excluding hydrogens is 200 g/mol. The summed E-state index contributed by atoms with van der Waals surface area (Å²) < 4.78 is 4.87. The van der Waals surface area contributed by atoms with E-state index in [0.29, 0.717) is 0 Å². The van der Waals surface area contributed by atoms with E-state index in [1.54, 1.807) is 5.57 Å². The number of hydrogen-bond acceptors (Lipinski definition) is 2. The van der Waals surface area contributed by atoms with E-state index >= 15 is 0 Å². The van der Waals surface area contributed by atoms with Gasteiger partial charge in [-0.3, -0.25) is 0 Å². The highest BCUT2D eigenvalue weighted by Gasteiger charge is 2.37. The van der Waals surface area contributed by atoms with Gasteiger partial charge in [0.05, 0.1) is 7.11 Å². The van der Waals surface area contributed by atoms with Gasteiger partial charge in [-0.25, -0.2) is 4.79 Å². The standard InChI is InChI=1S/C14H20O2/c1-9-10-6-5-7-12(10)14(2,3)8-11(9)13(15)16-4/h8-9H,5-7H2,1-4H3. The van der Waals surface area contributed by atoms with E-state index in [2.05, 4.69) is 26.8 Å². The molecule has 88 valence electrons. The molecule has 0 heterocycles. The second-order valence-corrected chi connectivity index (χ2v) is 5.39. The fraction of sp³-hybridized carbons (Fsp3) is 0.643. The Morgan fingerprint density at radius 3 is 2.75 bits per heavy atom. The van der Waals surface area contributed by atoms with Gasteiger partial charge in [0.2, 0.25) is 0 Å². The fourth-order valence-corrected chi connectivity index (χ4v) is 3.12. The summed E-state index contributed by atoms with van der Waals surface area (Å²) in [6.07, 6.45) is 5.68. The zero-order valence-corrected chi connectivity index (χ0v) is 10.6. The van der Waals surface area contributed by atoms with E-state index in [9.17, 15) is 4.79 Å². The van der Waals surface area contributed by atoms with Crippen molar-refractivity contribution in [1.82, 2.24) is 0 Å². The van der Waals surface area contributed by atoms with Crippen LogP contribution in [0.4, 0.5) is 0 Å². The van der Waals surface area contributed by atoms with E-state index in [0.717, 1.165) is 12.0 Å². The van der Waals surface area contributed by atoms with E-state index in [1.807, 2.05) is 0 Å². The maximum atomic E-state index is 11.7. The molecule has 0 saturated heterocycles. The second-order valence-electron chi connectivity index (χ2n) is 5.39. The molecule has 2 nitrogen and oxygen atoms in total. The van der Waals surface area contributed by atoms with Gasteiger partial charge in [-0.05, 0) is 19.3 Å². The van der Waals surface area contributed by atoms with Crippen molar-refractivity contribution in [2.75, 3.05) is 7.11 Å². The van der Waals surface area contributed by atoms with Gasteiger partial charge in [0, 0.05) is 16.9 Å². The Labute approximate surface area is 97.4 Å². The molecule has 0 aromatic heterocycles. The number of methoxy groups -OCH3 is 1. The molecule has 0 saturated carbocycles. The Bertz CT molecular complexity index is 386. The predicted octanol–water partition coefficient (Wildman–Crippen LogP) is 3.24. The summed E-state index contributed by atoms with van der Waals surface area (Å²) in [4.78, 5) is 11.7. The number of rotatable bonds is 1. The van der Waals surface area contributed by atoms with Gasteiger partial charge in [0.1, 0.15) is 0 Å².